The maximum atomic E-state index is 12.8. The molecule has 10 heteroatoms. The van der Waals surface area contributed by atoms with Crippen LogP contribution in [0.25, 0.3) is 33.5 Å². The zero-order valence-electron chi connectivity index (χ0n) is 16.8. The third-order valence-electron chi connectivity index (χ3n) is 4.74. The fourth-order valence-electron chi connectivity index (χ4n) is 3.19. The van der Waals surface area contributed by atoms with Crippen LogP contribution in [0.4, 0.5) is 11.4 Å². The molecule has 162 valence electrons. The Hall–Kier alpha value is -4.57. The zero-order chi connectivity index (χ0) is 22.8. The van der Waals surface area contributed by atoms with E-state index in [2.05, 4.69) is 15.5 Å². The topological polar surface area (TPSA) is 124 Å². The number of para-hydroxylation sites is 1. The van der Waals surface area contributed by atoms with Crippen LogP contribution in [0.3, 0.4) is 0 Å². The van der Waals surface area contributed by atoms with Crippen molar-refractivity contribution in [3.05, 3.63) is 94.1 Å². The number of nitrogens with zero attached hydrogens (tertiary/aromatic N) is 3. The minimum Gasteiger partial charge on any atom is -0.451 e. The van der Waals surface area contributed by atoms with Gasteiger partial charge in [0.1, 0.15) is 5.76 Å². The van der Waals surface area contributed by atoms with Crippen molar-refractivity contribution in [3.8, 4) is 33.5 Å². The summed E-state index contributed by atoms with van der Waals surface area (Å²) in [5, 5.41) is 19.7. The number of nitro groups is 1. The molecule has 5 rings (SSSR count). The number of carbonyl (C=O) groups is 1. The van der Waals surface area contributed by atoms with Gasteiger partial charge in [0.2, 0.25) is 5.82 Å². The number of benzene rings is 2. The molecule has 2 aromatic carbocycles. The van der Waals surface area contributed by atoms with Crippen LogP contribution in [-0.4, -0.2) is 21.0 Å². The van der Waals surface area contributed by atoms with E-state index in [1.807, 2.05) is 17.5 Å². The Morgan fingerprint density at radius 2 is 1.91 bits per heavy atom. The number of hydrogen-bond donors (Lipinski definition) is 1. The molecule has 0 saturated carbocycles. The SMILES string of the molecule is O=C(Nc1ccccc1-c1nc(-c2cccs2)no1)c1ccc(-c2cccc([N+](=O)[O-])c2)o1. The van der Waals surface area contributed by atoms with E-state index in [4.69, 9.17) is 8.94 Å². The van der Waals surface area contributed by atoms with Gasteiger partial charge in [-0.05, 0) is 35.7 Å². The van der Waals surface area contributed by atoms with Crippen LogP contribution in [0, 0.1) is 10.1 Å². The first-order valence-corrected chi connectivity index (χ1v) is 10.6. The molecule has 0 spiro atoms. The second-order valence-corrected chi connectivity index (χ2v) is 7.82. The fourth-order valence-corrected chi connectivity index (χ4v) is 3.84. The summed E-state index contributed by atoms with van der Waals surface area (Å²) in [7, 11) is 0. The molecule has 0 bridgehead atoms. The Labute approximate surface area is 190 Å². The lowest BCUT2D eigenvalue weighted by Crippen LogP contribution is -2.11. The number of anilines is 1. The molecular formula is C23H14N4O5S. The van der Waals surface area contributed by atoms with Crippen molar-refractivity contribution in [3.63, 3.8) is 0 Å². The van der Waals surface area contributed by atoms with E-state index in [1.165, 1.54) is 29.5 Å². The van der Waals surface area contributed by atoms with E-state index in [0.29, 0.717) is 28.4 Å². The van der Waals surface area contributed by atoms with Crippen LogP contribution in [0.1, 0.15) is 10.6 Å². The summed E-state index contributed by atoms with van der Waals surface area (Å²) in [6.07, 6.45) is 0. The number of thiophene rings is 1. The maximum Gasteiger partial charge on any atom is 0.291 e. The third kappa shape index (κ3) is 4.14. The summed E-state index contributed by atoms with van der Waals surface area (Å²) in [4.78, 5) is 28.7. The van der Waals surface area contributed by atoms with Crippen molar-refractivity contribution in [1.82, 2.24) is 10.1 Å². The van der Waals surface area contributed by atoms with Gasteiger partial charge in [-0.1, -0.05) is 35.5 Å². The Bertz CT molecular complexity index is 1460. The summed E-state index contributed by atoms with van der Waals surface area (Å²) >= 11 is 1.50. The van der Waals surface area contributed by atoms with Gasteiger partial charge in [0.05, 0.1) is 21.1 Å². The zero-order valence-corrected chi connectivity index (χ0v) is 17.6. The number of carbonyl (C=O) groups excluding carboxylic acids is 1. The molecule has 0 aliphatic rings. The van der Waals surface area contributed by atoms with Crippen molar-refractivity contribution in [2.45, 2.75) is 0 Å². The molecule has 0 fully saturated rings. The monoisotopic (exact) mass is 458 g/mol. The molecule has 5 aromatic rings. The average Bonchev–Trinajstić information content (AvgIpc) is 3.61. The first-order valence-electron chi connectivity index (χ1n) is 9.71. The molecule has 0 saturated heterocycles. The molecule has 33 heavy (non-hydrogen) atoms. The van der Waals surface area contributed by atoms with E-state index < -0.39 is 10.8 Å². The Morgan fingerprint density at radius 3 is 2.73 bits per heavy atom. The molecule has 0 radical (unpaired) electrons. The van der Waals surface area contributed by atoms with Crippen LogP contribution >= 0.6 is 11.3 Å². The van der Waals surface area contributed by atoms with Gasteiger partial charge in [-0.25, -0.2) is 0 Å². The lowest BCUT2D eigenvalue weighted by atomic mass is 10.1. The minimum absolute atomic E-state index is 0.0520. The predicted molar refractivity (Wildman–Crippen MR) is 122 cm³/mol. The van der Waals surface area contributed by atoms with Crippen LogP contribution in [-0.2, 0) is 0 Å². The number of amides is 1. The molecule has 0 unspecified atom stereocenters. The van der Waals surface area contributed by atoms with E-state index >= 15 is 0 Å². The summed E-state index contributed by atoms with van der Waals surface area (Å²) in [6.45, 7) is 0. The molecule has 1 N–H and O–H groups in total. The van der Waals surface area contributed by atoms with Crippen molar-refractivity contribution in [1.29, 1.82) is 0 Å². The number of hydrogen-bond acceptors (Lipinski definition) is 8. The smallest absolute Gasteiger partial charge is 0.291 e. The van der Waals surface area contributed by atoms with Crippen LogP contribution in [0.15, 0.2) is 87.1 Å². The number of nitro benzene ring substituents is 1. The van der Waals surface area contributed by atoms with Crippen molar-refractivity contribution in [2.75, 3.05) is 5.32 Å². The highest BCUT2D eigenvalue weighted by Crippen LogP contribution is 2.31. The normalized spacial score (nSPS) is 10.8. The van der Waals surface area contributed by atoms with Gasteiger partial charge in [-0.2, -0.15) is 4.98 Å². The molecule has 3 heterocycles. The first-order chi connectivity index (χ1) is 16.1. The summed E-state index contributed by atoms with van der Waals surface area (Å²) in [6, 6.07) is 19.9. The lowest BCUT2D eigenvalue weighted by Gasteiger charge is -2.07. The Kier molecular flexibility index (Phi) is 5.25. The quantitative estimate of drug-likeness (QED) is 0.249. The van der Waals surface area contributed by atoms with Gasteiger partial charge in [0, 0.05) is 17.7 Å². The van der Waals surface area contributed by atoms with Gasteiger partial charge >= 0.3 is 0 Å². The Morgan fingerprint density at radius 1 is 1.03 bits per heavy atom. The van der Waals surface area contributed by atoms with E-state index in [1.54, 1.807) is 42.5 Å². The second-order valence-electron chi connectivity index (χ2n) is 6.87. The van der Waals surface area contributed by atoms with E-state index in [-0.39, 0.29) is 17.3 Å². The molecule has 0 aliphatic heterocycles. The largest absolute Gasteiger partial charge is 0.451 e. The van der Waals surface area contributed by atoms with Gasteiger partial charge < -0.3 is 14.3 Å². The maximum absolute atomic E-state index is 12.8. The predicted octanol–water partition coefficient (Wildman–Crippen LogP) is 5.89. The van der Waals surface area contributed by atoms with E-state index in [9.17, 15) is 14.9 Å². The molecule has 0 aliphatic carbocycles. The lowest BCUT2D eigenvalue weighted by molar-refractivity contribution is -0.384. The molecule has 3 aromatic heterocycles. The second kappa shape index (κ2) is 8.52. The highest BCUT2D eigenvalue weighted by molar-refractivity contribution is 7.13. The minimum atomic E-state index is -0.489. The molecule has 1 amide bonds. The summed E-state index contributed by atoms with van der Waals surface area (Å²) < 4.78 is 11.1. The van der Waals surface area contributed by atoms with Crippen molar-refractivity contribution in [2.24, 2.45) is 0 Å². The highest BCUT2D eigenvalue weighted by atomic mass is 32.1. The Balaban J connectivity index is 1.39. The molecule has 0 atom stereocenters. The summed E-state index contributed by atoms with van der Waals surface area (Å²) in [5.41, 5.74) is 1.46. The first kappa shape index (κ1) is 20.3. The average molecular weight is 458 g/mol. The van der Waals surface area contributed by atoms with Crippen LogP contribution in [0.5, 0.6) is 0 Å². The fraction of sp³-hybridized carbons (Fsp3) is 0. The number of non-ortho nitro benzene ring substituents is 1. The number of nitrogens with one attached hydrogen (secondary N) is 1. The van der Waals surface area contributed by atoms with Gasteiger partial charge in [0.15, 0.2) is 5.76 Å². The van der Waals surface area contributed by atoms with E-state index in [0.717, 1.165) is 4.88 Å². The van der Waals surface area contributed by atoms with Crippen molar-refractivity contribution >= 4 is 28.6 Å². The summed E-state index contributed by atoms with van der Waals surface area (Å²) in [5.74, 6) is 0.641. The number of furan rings is 1. The standard InChI is InChI=1S/C23H14N4O5S/c28-22(19-11-10-18(31-19)14-5-3-6-15(13-14)27(29)30)24-17-8-2-1-7-16(17)23-25-21(26-32-23)20-9-4-12-33-20/h1-13H,(H,24,28). The van der Waals surface area contributed by atoms with Crippen LogP contribution < -0.4 is 5.32 Å². The number of aromatic nitrogens is 2. The van der Waals surface area contributed by atoms with Crippen LogP contribution in [0.2, 0.25) is 0 Å². The number of rotatable bonds is 6. The molecule has 9 nitrogen and oxygen atoms in total. The third-order valence-corrected chi connectivity index (χ3v) is 5.61. The molecular weight excluding hydrogens is 444 g/mol. The van der Waals surface area contributed by atoms with Gasteiger partial charge in [-0.15, -0.1) is 11.3 Å². The van der Waals surface area contributed by atoms with Gasteiger partial charge in [-0.3, -0.25) is 14.9 Å². The highest BCUT2D eigenvalue weighted by Gasteiger charge is 2.19. The van der Waals surface area contributed by atoms with Crippen molar-refractivity contribution < 1.29 is 18.7 Å². The van der Waals surface area contributed by atoms with Gasteiger partial charge in [0.25, 0.3) is 17.5 Å².